The molecule has 0 unspecified atom stereocenters. The molecule has 0 radical (unpaired) electrons. The molecule has 0 spiro atoms. The van der Waals surface area contributed by atoms with Gasteiger partial charge < -0.3 is 10.2 Å². The van der Waals surface area contributed by atoms with Gasteiger partial charge in [0.2, 0.25) is 11.8 Å². The number of rotatable bonds is 12. The molecule has 3 aromatic carbocycles. The lowest BCUT2D eigenvalue weighted by Crippen LogP contribution is -2.52. The second-order valence-electron chi connectivity index (χ2n) is 9.86. The summed E-state index contributed by atoms with van der Waals surface area (Å²) in [6.45, 7) is 0.231. The summed E-state index contributed by atoms with van der Waals surface area (Å²) in [5.41, 5.74) is 1.76. The fourth-order valence-corrected chi connectivity index (χ4v) is 6.29. The number of halogens is 3. The predicted molar refractivity (Wildman–Crippen MR) is 163 cm³/mol. The number of hydrogen-bond donors (Lipinski definition) is 1. The Morgan fingerprint density at radius 3 is 2.31 bits per heavy atom. The van der Waals surface area contributed by atoms with Gasteiger partial charge in [-0.05, 0) is 72.5 Å². The van der Waals surface area contributed by atoms with E-state index in [2.05, 4.69) is 5.32 Å². The van der Waals surface area contributed by atoms with Crippen molar-refractivity contribution in [3.05, 3.63) is 99.0 Å². The van der Waals surface area contributed by atoms with Gasteiger partial charge >= 0.3 is 0 Å². The van der Waals surface area contributed by atoms with Crippen LogP contribution in [0.25, 0.3) is 0 Å². The van der Waals surface area contributed by atoms with E-state index in [0.717, 1.165) is 47.5 Å². The molecular formula is C31H33Cl3N2O2S. The first kappa shape index (κ1) is 29.8. The van der Waals surface area contributed by atoms with Gasteiger partial charge in [0, 0.05) is 45.4 Å². The molecule has 3 aromatic rings. The van der Waals surface area contributed by atoms with Gasteiger partial charge in [0.05, 0.1) is 0 Å². The van der Waals surface area contributed by atoms with Crippen molar-refractivity contribution in [2.45, 2.75) is 68.5 Å². The fraction of sp³-hybridized carbons (Fsp3) is 0.355. The van der Waals surface area contributed by atoms with Crippen molar-refractivity contribution < 1.29 is 9.59 Å². The highest BCUT2D eigenvalue weighted by Gasteiger charge is 2.32. The van der Waals surface area contributed by atoms with Crippen molar-refractivity contribution >= 4 is 58.4 Å². The minimum absolute atomic E-state index is 0.0692. The average molecular weight is 604 g/mol. The molecule has 1 N–H and O–H groups in total. The van der Waals surface area contributed by atoms with Gasteiger partial charge in [-0.2, -0.15) is 0 Å². The van der Waals surface area contributed by atoms with E-state index in [1.807, 2.05) is 60.7 Å². The van der Waals surface area contributed by atoms with Crippen LogP contribution in [0.5, 0.6) is 0 Å². The van der Waals surface area contributed by atoms with Crippen molar-refractivity contribution in [3.8, 4) is 0 Å². The molecule has 0 aliphatic heterocycles. The molecule has 1 aliphatic rings. The van der Waals surface area contributed by atoms with E-state index in [-0.39, 0.29) is 24.4 Å². The van der Waals surface area contributed by atoms with E-state index < -0.39 is 6.04 Å². The monoisotopic (exact) mass is 602 g/mol. The normalized spacial score (nSPS) is 14.2. The maximum atomic E-state index is 13.8. The van der Waals surface area contributed by atoms with Gasteiger partial charge in [0.15, 0.2) is 0 Å². The highest BCUT2D eigenvalue weighted by Crippen LogP contribution is 2.26. The number of thioether (sulfide) groups is 1. The summed E-state index contributed by atoms with van der Waals surface area (Å²) in [5, 5.41) is 4.94. The molecule has 1 fully saturated rings. The molecule has 1 atom stereocenters. The van der Waals surface area contributed by atoms with E-state index >= 15 is 0 Å². The maximum Gasteiger partial charge on any atom is 0.243 e. The molecule has 1 saturated carbocycles. The first-order chi connectivity index (χ1) is 18.9. The van der Waals surface area contributed by atoms with Gasteiger partial charge in [-0.15, -0.1) is 11.8 Å². The molecule has 0 saturated heterocycles. The molecule has 0 bridgehead atoms. The average Bonchev–Trinajstić information content (AvgIpc) is 3.44. The van der Waals surface area contributed by atoms with Crippen molar-refractivity contribution in [2.75, 3.05) is 5.75 Å². The summed E-state index contributed by atoms with van der Waals surface area (Å²) >= 11 is 20.3. The molecule has 2 amide bonds. The largest absolute Gasteiger partial charge is 0.352 e. The lowest BCUT2D eigenvalue weighted by atomic mass is 10.0. The number of carbonyl (C=O) groups is 2. The summed E-state index contributed by atoms with van der Waals surface area (Å²) in [4.78, 5) is 30.4. The third-order valence-electron chi connectivity index (χ3n) is 6.95. The van der Waals surface area contributed by atoms with E-state index in [4.69, 9.17) is 34.8 Å². The van der Waals surface area contributed by atoms with E-state index in [1.54, 1.807) is 28.8 Å². The van der Waals surface area contributed by atoms with E-state index in [1.165, 1.54) is 0 Å². The van der Waals surface area contributed by atoms with Crippen LogP contribution in [0.15, 0.2) is 77.7 Å². The third-order valence-corrected chi connectivity index (χ3v) is 8.88. The fourth-order valence-electron chi connectivity index (χ4n) is 4.84. The zero-order valence-electron chi connectivity index (χ0n) is 21.8. The van der Waals surface area contributed by atoms with Gasteiger partial charge in [-0.3, -0.25) is 9.59 Å². The summed E-state index contributed by atoms with van der Waals surface area (Å²) < 4.78 is 0. The Bertz CT molecular complexity index is 1230. The Labute approximate surface area is 250 Å². The number of nitrogens with zero attached hydrogens (tertiary/aromatic N) is 1. The first-order valence-electron chi connectivity index (χ1n) is 13.3. The topological polar surface area (TPSA) is 49.4 Å². The quantitative estimate of drug-likeness (QED) is 0.168. The molecule has 39 heavy (non-hydrogen) atoms. The molecule has 4 nitrogen and oxygen atoms in total. The van der Waals surface area contributed by atoms with Crippen molar-refractivity contribution in [1.29, 1.82) is 0 Å². The molecule has 0 heterocycles. The van der Waals surface area contributed by atoms with Crippen LogP contribution >= 0.6 is 46.6 Å². The van der Waals surface area contributed by atoms with E-state index in [0.29, 0.717) is 34.3 Å². The highest BCUT2D eigenvalue weighted by atomic mass is 35.5. The van der Waals surface area contributed by atoms with Crippen LogP contribution < -0.4 is 5.32 Å². The van der Waals surface area contributed by atoms with Crippen LogP contribution in [0.1, 0.15) is 49.7 Å². The molecule has 0 aromatic heterocycles. The van der Waals surface area contributed by atoms with Gasteiger partial charge in [0.25, 0.3) is 0 Å². The number of hydrogen-bond acceptors (Lipinski definition) is 3. The lowest BCUT2D eigenvalue weighted by Gasteiger charge is -2.32. The van der Waals surface area contributed by atoms with Gasteiger partial charge in [-0.1, -0.05) is 84.0 Å². The number of benzene rings is 3. The molecule has 4 rings (SSSR count). The Hall–Kier alpha value is -2.18. The summed E-state index contributed by atoms with van der Waals surface area (Å²) in [7, 11) is 0. The predicted octanol–water partition coefficient (Wildman–Crippen LogP) is 8.22. The first-order valence-corrected chi connectivity index (χ1v) is 15.5. The van der Waals surface area contributed by atoms with Crippen LogP contribution in [-0.4, -0.2) is 34.6 Å². The second kappa shape index (κ2) is 15.0. The molecule has 8 heteroatoms. The minimum atomic E-state index is -0.656. The lowest BCUT2D eigenvalue weighted by molar-refractivity contribution is -0.141. The number of amides is 2. The van der Waals surface area contributed by atoms with E-state index in [9.17, 15) is 9.59 Å². The van der Waals surface area contributed by atoms with Gasteiger partial charge in [-0.25, -0.2) is 0 Å². The zero-order valence-corrected chi connectivity index (χ0v) is 24.8. The second-order valence-corrected chi connectivity index (χ2v) is 12.3. The molecular weight excluding hydrogens is 571 g/mol. The Morgan fingerprint density at radius 1 is 0.923 bits per heavy atom. The summed E-state index contributed by atoms with van der Waals surface area (Å²) in [6.07, 6.45) is 5.61. The number of carbonyl (C=O) groups excluding carboxylic acids is 2. The van der Waals surface area contributed by atoms with Crippen LogP contribution in [0.2, 0.25) is 15.1 Å². The van der Waals surface area contributed by atoms with Crippen molar-refractivity contribution in [2.24, 2.45) is 0 Å². The Morgan fingerprint density at radius 2 is 1.62 bits per heavy atom. The van der Waals surface area contributed by atoms with Crippen LogP contribution in [0.3, 0.4) is 0 Å². The Balaban J connectivity index is 1.54. The SMILES string of the molecule is O=C(NC1CCCC1)[C@@H](Cc1ccccc1)N(Cc1ccc(Cl)cc1Cl)C(=O)CCCSc1ccc(Cl)cc1. The van der Waals surface area contributed by atoms with Crippen LogP contribution in [0, 0.1) is 0 Å². The smallest absolute Gasteiger partial charge is 0.243 e. The van der Waals surface area contributed by atoms with Crippen LogP contribution in [0.4, 0.5) is 0 Å². The zero-order chi connectivity index (χ0) is 27.6. The molecule has 206 valence electrons. The maximum absolute atomic E-state index is 13.8. The highest BCUT2D eigenvalue weighted by molar-refractivity contribution is 7.99. The summed E-state index contributed by atoms with van der Waals surface area (Å²) in [6, 6.07) is 22.3. The third kappa shape index (κ3) is 9.18. The van der Waals surface area contributed by atoms with Gasteiger partial charge in [0.1, 0.15) is 6.04 Å². The Kier molecular flexibility index (Phi) is 11.5. The van der Waals surface area contributed by atoms with Crippen molar-refractivity contribution in [1.82, 2.24) is 10.2 Å². The minimum Gasteiger partial charge on any atom is -0.352 e. The van der Waals surface area contributed by atoms with Crippen LogP contribution in [-0.2, 0) is 22.6 Å². The summed E-state index contributed by atoms with van der Waals surface area (Å²) in [5.74, 6) is 0.598. The van der Waals surface area contributed by atoms with Crippen molar-refractivity contribution in [3.63, 3.8) is 0 Å². The standard InChI is InChI=1S/C31H33Cl3N2O2S/c32-24-14-16-27(17-15-24)39-18-6-11-30(37)36(21-23-12-13-25(33)20-28(23)34)29(19-22-7-2-1-3-8-22)31(38)35-26-9-4-5-10-26/h1-3,7-8,12-17,20,26,29H,4-6,9-11,18-19,21H2,(H,35,38)/t29-/m1/s1. The molecule has 1 aliphatic carbocycles. The number of nitrogens with one attached hydrogen (secondary N) is 1.